The average Bonchev–Trinajstić information content (AvgIpc) is 2.37. The van der Waals surface area contributed by atoms with Crippen molar-refractivity contribution in [1.82, 2.24) is 0 Å². The van der Waals surface area contributed by atoms with Crippen LogP contribution in [0.1, 0.15) is 106 Å². The molecular weight excluding hydrogens is 251 g/mol. The smallest absolute Gasteiger partial charge is 0.0654 e. The Balaban J connectivity index is 4.33. The molecule has 0 rings (SSSR count). The zero-order valence-electron chi connectivity index (χ0n) is 16.1. The second-order valence-corrected chi connectivity index (χ2v) is 8.74. The van der Waals surface area contributed by atoms with Crippen LogP contribution < -0.4 is 0 Å². The average molecular weight is 292 g/mol. The van der Waals surface area contributed by atoms with E-state index >= 15 is 0 Å². The molecule has 0 amide bonds. The van der Waals surface area contributed by atoms with Gasteiger partial charge in [0, 0.05) is 0 Å². The maximum atomic E-state index is 6.83. The molecule has 0 aliphatic heterocycles. The molecule has 0 saturated heterocycles. The zero-order valence-corrected chi connectivity index (χ0v) is 16.1. The number of hydrogen-bond acceptors (Lipinski definition) is 0. The number of hydrogen-bond donors (Lipinski definition) is 0. The Hall–Kier alpha value is 0.0649. The lowest BCUT2D eigenvalue weighted by Crippen LogP contribution is -2.23. The minimum absolute atomic E-state index is 0.0649. The molecule has 124 valence electrons. The molecule has 0 saturated carbocycles. The molecule has 0 nitrogen and oxygen atoms in total. The maximum absolute atomic E-state index is 6.83. The fraction of sp³-hybridized carbons (Fsp3) is 1.00. The van der Waals surface area contributed by atoms with Gasteiger partial charge in [0.25, 0.3) is 0 Å². The summed E-state index contributed by atoms with van der Waals surface area (Å²) in [6.45, 7) is 16.3. The molecule has 0 aromatic carbocycles. The molecule has 2 radical (unpaired) electrons. The number of rotatable bonds is 11. The van der Waals surface area contributed by atoms with Gasteiger partial charge in [-0.05, 0) is 23.7 Å². The predicted molar refractivity (Wildman–Crippen MR) is 99.1 cm³/mol. The minimum Gasteiger partial charge on any atom is -0.0654 e. The summed E-state index contributed by atoms with van der Waals surface area (Å²) < 4.78 is 0. The highest BCUT2D eigenvalue weighted by atomic mass is 14.3. The molecule has 0 N–H and O–H groups in total. The fourth-order valence-electron chi connectivity index (χ4n) is 3.30. The van der Waals surface area contributed by atoms with Crippen LogP contribution in [0.5, 0.6) is 0 Å². The second kappa shape index (κ2) is 9.96. The van der Waals surface area contributed by atoms with E-state index in [1.54, 1.807) is 0 Å². The first-order chi connectivity index (χ1) is 9.64. The third-order valence-electron chi connectivity index (χ3n) is 5.30. The highest BCUT2D eigenvalue weighted by Gasteiger charge is 2.29. The third kappa shape index (κ3) is 9.64. The zero-order chi connectivity index (χ0) is 16.5. The Labute approximate surface area is 137 Å². The van der Waals surface area contributed by atoms with E-state index in [0.29, 0.717) is 11.3 Å². The van der Waals surface area contributed by atoms with Crippen LogP contribution in [0, 0.1) is 17.3 Å². The molecule has 0 aliphatic carbocycles. The quantitative estimate of drug-likeness (QED) is 0.354. The van der Waals surface area contributed by atoms with Crippen molar-refractivity contribution in [3.05, 3.63) is 0 Å². The van der Waals surface area contributed by atoms with Gasteiger partial charge in [-0.1, -0.05) is 105 Å². The van der Waals surface area contributed by atoms with Gasteiger partial charge >= 0.3 is 0 Å². The molecule has 21 heavy (non-hydrogen) atoms. The van der Waals surface area contributed by atoms with Gasteiger partial charge in [0.2, 0.25) is 0 Å². The Bertz CT molecular complexity index is 253. The summed E-state index contributed by atoms with van der Waals surface area (Å²) in [6, 6.07) is 0. The van der Waals surface area contributed by atoms with Crippen LogP contribution in [0.2, 0.25) is 5.31 Å². The van der Waals surface area contributed by atoms with Crippen molar-refractivity contribution in [3.63, 3.8) is 0 Å². The van der Waals surface area contributed by atoms with Crippen LogP contribution in [-0.4, -0.2) is 7.85 Å². The first-order valence-corrected chi connectivity index (χ1v) is 9.43. The van der Waals surface area contributed by atoms with E-state index in [2.05, 4.69) is 48.5 Å². The summed E-state index contributed by atoms with van der Waals surface area (Å²) in [6.07, 6.45) is 11.5. The summed E-state index contributed by atoms with van der Waals surface area (Å²) >= 11 is 0. The molecule has 0 aromatic rings. The molecule has 0 bridgehead atoms. The topological polar surface area (TPSA) is 0 Å². The van der Waals surface area contributed by atoms with Crippen molar-refractivity contribution >= 4 is 7.85 Å². The summed E-state index contributed by atoms with van der Waals surface area (Å²) in [5.74, 6) is 1.53. The molecule has 0 heterocycles. The standard InChI is InChI=1S/C20H41B/c1-8-14-20(21,16-11-15-19(5,6)7)18(4)13-10-12-17(3)9-2/h17-18H,8-16H2,1-7H3. The van der Waals surface area contributed by atoms with Crippen molar-refractivity contribution < 1.29 is 0 Å². The molecule has 0 aromatic heterocycles. The summed E-state index contributed by atoms with van der Waals surface area (Å²) in [5.41, 5.74) is 0.437. The van der Waals surface area contributed by atoms with Crippen LogP contribution in [-0.2, 0) is 0 Å². The van der Waals surface area contributed by atoms with Gasteiger partial charge in [-0.3, -0.25) is 0 Å². The monoisotopic (exact) mass is 292 g/mol. The van der Waals surface area contributed by atoms with Crippen LogP contribution in [0.3, 0.4) is 0 Å². The third-order valence-corrected chi connectivity index (χ3v) is 5.30. The lowest BCUT2D eigenvalue weighted by Gasteiger charge is -2.38. The highest BCUT2D eigenvalue weighted by molar-refractivity contribution is 6.15. The Morgan fingerprint density at radius 1 is 0.857 bits per heavy atom. The van der Waals surface area contributed by atoms with E-state index in [1.807, 2.05) is 0 Å². The molecule has 0 fully saturated rings. The van der Waals surface area contributed by atoms with E-state index in [-0.39, 0.29) is 5.31 Å². The normalized spacial score (nSPS) is 18.2. The van der Waals surface area contributed by atoms with Gasteiger partial charge in [-0.25, -0.2) is 0 Å². The van der Waals surface area contributed by atoms with Gasteiger partial charge in [0.15, 0.2) is 0 Å². The predicted octanol–water partition coefficient (Wildman–Crippen LogP) is 7.18. The Morgan fingerprint density at radius 3 is 1.95 bits per heavy atom. The van der Waals surface area contributed by atoms with Gasteiger partial charge in [-0.15, -0.1) is 0 Å². The lowest BCUT2D eigenvalue weighted by molar-refractivity contribution is 0.274. The van der Waals surface area contributed by atoms with E-state index in [9.17, 15) is 0 Å². The Morgan fingerprint density at radius 2 is 1.48 bits per heavy atom. The first-order valence-electron chi connectivity index (χ1n) is 9.43. The summed E-state index contributed by atoms with van der Waals surface area (Å²) in [4.78, 5) is 0. The highest BCUT2D eigenvalue weighted by Crippen LogP contribution is 2.45. The van der Waals surface area contributed by atoms with Gasteiger partial charge < -0.3 is 0 Å². The molecule has 1 heteroatoms. The van der Waals surface area contributed by atoms with Crippen LogP contribution >= 0.6 is 0 Å². The van der Waals surface area contributed by atoms with Crippen molar-refractivity contribution in [2.75, 3.05) is 0 Å². The lowest BCUT2D eigenvalue weighted by atomic mass is 9.55. The van der Waals surface area contributed by atoms with Crippen LogP contribution in [0.4, 0.5) is 0 Å². The van der Waals surface area contributed by atoms with Crippen molar-refractivity contribution in [2.45, 2.75) is 112 Å². The molecule has 3 unspecified atom stereocenters. The second-order valence-electron chi connectivity index (χ2n) is 8.74. The van der Waals surface area contributed by atoms with Gasteiger partial charge in [0.1, 0.15) is 0 Å². The summed E-state index contributed by atoms with van der Waals surface area (Å²) in [7, 11) is 6.83. The molecule has 0 aliphatic rings. The molecular formula is C20H41B. The van der Waals surface area contributed by atoms with E-state index < -0.39 is 0 Å². The maximum Gasteiger partial charge on any atom is 0.0749 e. The van der Waals surface area contributed by atoms with Crippen molar-refractivity contribution in [1.29, 1.82) is 0 Å². The Kier molecular flexibility index (Phi) is 9.99. The summed E-state index contributed by atoms with van der Waals surface area (Å²) in [5, 5.41) is 0.0649. The van der Waals surface area contributed by atoms with Crippen LogP contribution in [0.15, 0.2) is 0 Å². The van der Waals surface area contributed by atoms with Gasteiger partial charge in [0.05, 0.1) is 7.85 Å². The van der Waals surface area contributed by atoms with E-state index in [4.69, 9.17) is 7.85 Å². The van der Waals surface area contributed by atoms with E-state index in [1.165, 1.54) is 57.8 Å². The minimum atomic E-state index is 0.0649. The van der Waals surface area contributed by atoms with Crippen molar-refractivity contribution in [3.8, 4) is 0 Å². The fourth-order valence-corrected chi connectivity index (χ4v) is 3.30. The largest absolute Gasteiger partial charge is 0.0749 e. The first kappa shape index (κ1) is 21.1. The van der Waals surface area contributed by atoms with Gasteiger partial charge in [-0.2, -0.15) is 0 Å². The van der Waals surface area contributed by atoms with Crippen LogP contribution in [0.25, 0.3) is 0 Å². The molecule has 3 atom stereocenters. The van der Waals surface area contributed by atoms with E-state index in [0.717, 1.165) is 5.92 Å². The molecule has 0 spiro atoms. The SMILES string of the molecule is [B]C(CCC)(CCCC(C)(C)C)C(C)CCCC(C)CC. The van der Waals surface area contributed by atoms with Crippen molar-refractivity contribution in [2.24, 2.45) is 17.3 Å².